The highest BCUT2D eigenvalue weighted by Crippen LogP contribution is 2.27. The largest absolute Gasteiger partial charge is 0.466 e. The fourth-order valence-electron chi connectivity index (χ4n) is 2.89. The van der Waals surface area contributed by atoms with Crippen molar-refractivity contribution in [2.45, 2.75) is 33.3 Å². The van der Waals surface area contributed by atoms with Crippen LogP contribution in [0, 0.1) is 13.8 Å². The van der Waals surface area contributed by atoms with Gasteiger partial charge in [-0.05, 0) is 58.0 Å². The summed E-state index contributed by atoms with van der Waals surface area (Å²) in [7, 11) is 0. The Morgan fingerprint density at radius 1 is 1.17 bits per heavy atom. The Kier molecular flexibility index (Phi) is 10.6. The summed E-state index contributed by atoms with van der Waals surface area (Å²) in [6, 6.07) is 8.55. The number of nitrogens with zero attached hydrogens (tertiary/aromatic N) is 1. The number of nitrogens with one attached hydrogen (secondary N) is 3. The Labute approximate surface area is 199 Å². The van der Waals surface area contributed by atoms with Gasteiger partial charge >= 0.3 is 0 Å². The zero-order valence-electron chi connectivity index (χ0n) is 17.7. The minimum Gasteiger partial charge on any atom is -0.466 e. The van der Waals surface area contributed by atoms with Crippen molar-refractivity contribution in [1.82, 2.24) is 16.0 Å². The smallest absolute Gasteiger partial charge is 0.251 e. The second-order valence-corrected chi connectivity index (χ2v) is 7.42. The average Bonchev–Trinajstić information content (AvgIpc) is 3.02. The van der Waals surface area contributed by atoms with E-state index in [4.69, 9.17) is 16.0 Å². The van der Waals surface area contributed by atoms with Gasteiger partial charge in [-0.25, -0.2) is 4.99 Å². The van der Waals surface area contributed by atoms with Gasteiger partial charge in [0, 0.05) is 35.8 Å². The van der Waals surface area contributed by atoms with Gasteiger partial charge in [-0.3, -0.25) is 4.79 Å². The number of aryl methyl sites for hydroxylation is 2. The van der Waals surface area contributed by atoms with Crippen LogP contribution in [0.3, 0.4) is 0 Å². The fraction of sp³-hybridized carbons (Fsp3) is 0.429. The zero-order chi connectivity index (χ0) is 21.4. The van der Waals surface area contributed by atoms with Gasteiger partial charge < -0.3 is 25.5 Å². The first-order valence-electron chi connectivity index (χ1n) is 9.58. The molecule has 2 aromatic rings. The Morgan fingerprint density at radius 2 is 1.80 bits per heavy atom. The first-order chi connectivity index (χ1) is 13.7. The molecule has 0 saturated carbocycles. The van der Waals surface area contributed by atoms with Crippen molar-refractivity contribution in [2.75, 3.05) is 26.2 Å². The number of hydrogen-bond donors (Lipinski definition) is 4. The van der Waals surface area contributed by atoms with Gasteiger partial charge in [0.15, 0.2) is 5.96 Å². The molecule has 7 nitrogen and oxygen atoms in total. The van der Waals surface area contributed by atoms with Crippen LogP contribution in [0.25, 0.3) is 0 Å². The molecule has 0 bridgehead atoms. The molecular weight excluding hydrogens is 519 g/mol. The number of furan rings is 1. The third-order valence-electron chi connectivity index (χ3n) is 4.32. The molecule has 1 aromatic carbocycles. The Bertz CT molecular complexity index is 850. The standard InChI is InChI=1S/C21H29ClN4O3.HI/c1-5-23-20(26-13-21(4,28)18-12-14(2)29-15(18)3)25-11-10-24-19(27)16-6-8-17(22)9-7-16;/h6-9,12,28H,5,10-11,13H2,1-4H3,(H,24,27)(H2,23,25,26);1H. The van der Waals surface area contributed by atoms with E-state index in [0.29, 0.717) is 41.9 Å². The predicted molar refractivity (Wildman–Crippen MR) is 131 cm³/mol. The van der Waals surface area contributed by atoms with Crippen molar-refractivity contribution in [2.24, 2.45) is 4.99 Å². The van der Waals surface area contributed by atoms with Crippen molar-refractivity contribution in [3.63, 3.8) is 0 Å². The number of rotatable bonds is 8. The van der Waals surface area contributed by atoms with E-state index >= 15 is 0 Å². The summed E-state index contributed by atoms with van der Waals surface area (Å²) in [5.74, 6) is 1.83. The van der Waals surface area contributed by atoms with Crippen LogP contribution in [0.4, 0.5) is 0 Å². The lowest BCUT2D eigenvalue weighted by atomic mass is 9.96. The quantitative estimate of drug-likeness (QED) is 0.176. The van der Waals surface area contributed by atoms with Gasteiger partial charge in [-0.15, -0.1) is 24.0 Å². The van der Waals surface area contributed by atoms with Crippen LogP contribution in [-0.2, 0) is 5.60 Å². The minimum atomic E-state index is -1.15. The van der Waals surface area contributed by atoms with Gasteiger partial charge in [0.1, 0.15) is 17.1 Å². The molecule has 0 aliphatic rings. The fourth-order valence-corrected chi connectivity index (χ4v) is 3.01. The van der Waals surface area contributed by atoms with E-state index in [2.05, 4.69) is 20.9 Å². The van der Waals surface area contributed by atoms with Crippen LogP contribution in [0.1, 0.15) is 41.3 Å². The highest BCUT2D eigenvalue weighted by Gasteiger charge is 2.27. The van der Waals surface area contributed by atoms with Gasteiger partial charge in [0.2, 0.25) is 0 Å². The summed E-state index contributed by atoms with van der Waals surface area (Å²) in [5, 5.41) is 20.5. The number of aliphatic hydroxyl groups is 1. The first-order valence-corrected chi connectivity index (χ1v) is 9.96. The van der Waals surface area contributed by atoms with Crippen molar-refractivity contribution < 1.29 is 14.3 Å². The van der Waals surface area contributed by atoms with Gasteiger partial charge in [-0.2, -0.15) is 0 Å². The lowest BCUT2D eigenvalue weighted by Crippen LogP contribution is -2.42. The molecule has 166 valence electrons. The lowest BCUT2D eigenvalue weighted by molar-refractivity contribution is 0.0657. The average molecular weight is 549 g/mol. The van der Waals surface area contributed by atoms with E-state index in [-0.39, 0.29) is 36.4 Å². The van der Waals surface area contributed by atoms with Crippen molar-refractivity contribution in [3.8, 4) is 0 Å². The monoisotopic (exact) mass is 548 g/mol. The van der Waals surface area contributed by atoms with Crippen molar-refractivity contribution in [1.29, 1.82) is 0 Å². The van der Waals surface area contributed by atoms with Crippen LogP contribution >= 0.6 is 35.6 Å². The maximum Gasteiger partial charge on any atom is 0.251 e. The van der Waals surface area contributed by atoms with E-state index in [1.807, 2.05) is 26.8 Å². The van der Waals surface area contributed by atoms with E-state index in [0.717, 1.165) is 11.3 Å². The number of halogens is 2. The first kappa shape index (κ1) is 26.3. The van der Waals surface area contributed by atoms with E-state index in [1.165, 1.54) is 0 Å². The lowest BCUT2D eigenvalue weighted by Gasteiger charge is -2.21. The summed E-state index contributed by atoms with van der Waals surface area (Å²) < 4.78 is 5.51. The molecule has 0 aliphatic carbocycles. The van der Waals surface area contributed by atoms with Crippen LogP contribution in [0.5, 0.6) is 0 Å². The van der Waals surface area contributed by atoms with Crippen molar-refractivity contribution in [3.05, 3.63) is 58.0 Å². The molecule has 0 fully saturated rings. The maximum absolute atomic E-state index is 12.1. The van der Waals surface area contributed by atoms with Gasteiger partial charge in [0.05, 0.1) is 6.54 Å². The van der Waals surface area contributed by atoms with Crippen LogP contribution in [0.15, 0.2) is 39.7 Å². The number of carbonyl (C=O) groups is 1. The number of benzene rings is 1. The molecule has 2 rings (SSSR count). The topological polar surface area (TPSA) is 98.9 Å². The summed E-state index contributed by atoms with van der Waals surface area (Å²) in [6.07, 6.45) is 0. The summed E-state index contributed by atoms with van der Waals surface area (Å²) in [5.41, 5.74) is 0.133. The molecule has 1 unspecified atom stereocenters. The molecule has 1 amide bonds. The number of guanidine groups is 1. The highest BCUT2D eigenvalue weighted by molar-refractivity contribution is 14.0. The SMILES string of the molecule is CCNC(=NCC(C)(O)c1cc(C)oc1C)NCCNC(=O)c1ccc(Cl)cc1.I. The molecular formula is C21H30ClIN4O3. The van der Waals surface area contributed by atoms with Gasteiger partial charge in [0.25, 0.3) is 5.91 Å². The molecule has 0 saturated heterocycles. The molecule has 1 atom stereocenters. The predicted octanol–water partition coefficient (Wildman–Crippen LogP) is 3.36. The van der Waals surface area contributed by atoms with Crippen LogP contribution in [-0.4, -0.2) is 43.2 Å². The van der Waals surface area contributed by atoms with E-state index in [1.54, 1.807) is 31.2 Å². The molecule has 1 heterocycles. The van der Waals surface area contributed by atoms with E-state index in [9.17, 15) is 9.90 Å². The number of carbonyl (C=O) groups excluding carboxylic acids is 1. The zero-order valence-corrected chi connectivity index (χ0v) is 20.8. The summed E-state index contributed by atoms with van der Waals surface area (Å²) in [4.78, 5) is 16.6. The second-order valence-electron chi connectivity index (χ2n) is 6.99. The molecule has 0 spiro atoms. The molecule has 0 radical (unpaired) electrons. The number of amides is 1. The second kappa shape index (κ2) is 12.2. The maximum atomic E-state index is 12.1. The third-order valence-corrected chi connectivity index (χ3v) is 4.57. The molecule has 4 N–H and O–H groups in total. The van der Waals surface area contributed by atoms with Crippen LogP contribution < -0.4 is 16.0 Å². The summed E-state index contributed by atoms with van der Waals surface area (Å²) in [6.45, 7) is 9.09. The van der Waals surface area contributed by atoms with E-state index < -0.39 is 5.60 Å². The number of aliphatic imine (C=N–C) groups is 1. The van der Waals surface area contributed by atoms with Crippen molar-refractivity contribution >= 4 is 47.4 Å². The molecule has 9 heteroatoms. The molecule has 1 aromatic heterocycles. The Hall–Kier alpha value is -1.78. The van der Waals surface area contributed by atoms with Gasteiger partial charge in [-0.1, -0.05) is 11.6 Å². The number of hydrogen-bond acceptors (Lipinski definition) is 4. The highest BCUT2D eigenvalue weighted by atomic mass is 127. The normalized spacial score (nSPS) is 13.2. The third kappa shape index (κ3) is 7.81. The van der Waals surface area contributed by atoms with Crippen LogP contribution in [0.2, 0.25) is 5.02 Å². The minimum absolute atomic E-state index is 0. The summed E-state index contributed by atoms with van der Waals surface area (Å²) >= 11 is 5.83. The Morgan fingerprint density at radius 3 is 2.37 bits per heavy atom. The molecule has 0 aliphatic heterocycles. The Balaban J connectivity index is 0.00000450. The molecule has 30 heavy (non-hydrogen) atoms.